The van der Waals surface area contributed by atoms with Crippen LogP contribution in [0.15, 0.2) is 48.5 Å². The maximum absolute atomic E-state index is 12.5. The molecule has 4 heteroatoms. The largest absolute Gasteiger partial charge is 0.376 e. The Labute approximate surface area is 130 Å². The number of amides is 1. The van der Waals surface area contributed by atoms with E-state index in [-0.39, 0.29) is 12.5 Å². The topological polar surface area (TPSA) is 56.1 Å². The van der Waals surface area contributed by atoms with Crippen LogP contribution in [0, 0.1) is 11.3 Å². The fraction of sp³-hybridized carbons (Fsp3) is 0.222. The molecule has 0 saturated carbocycles. The third-order valence-electron chi connectivity index (χ3n) is 3.85. The lowest BCUT2D eigenvalue weighted by Crippen LogP contribution is -2.39. The minimum atomic E-state index is 0.0505. The molecular formula is C18H17N3O. The van der Waals surface area contributed by atoms with Gasteiger partial charge in [0.05, 0.1) is 18.2 Å². The van der Waals surface area contributed by atoms with Crippen molar-refractivity contribution in [1.29, 1.82) is 5.26 Å². The summed E-state index contributed by atoms with van der Waals surface area (Å²) in [6.45, 7) is 0.985. The molecule has 0 unspecified atom stereocenters. The molecule has 0 spiro atoms. The number of nitrogens with one attached hydrogen (secondary N) is 1. The molecule has 110 valence electrons. The third-order valence-corrected chi connectivity index (χ3v) is 3.85. The number of para-hydroxylation sites is 1. The highest BCUT2D eigenvalue weighted by molar-refractivity contribution is 5.97. The predicted molar refractivity (Wildman–Crippen MR) is 86.8 cm³/mol. The fourth-order valence-corrected chi connectivity index (χ4v) is 2.76. The zero-order chi connectivity index (χ0) is 15.4. The molecule has 0 atom stereocenters. The molecule has 1 aliphatic heterocycles. The molecule has 0 fully saturated rings. The molecule has 1 N–H and O–H groups in total. The molecule has 4 nitrogen and oxygen atoms in total. The Bertz CT molecular complexity index is 733. The minimum absolute atomic E-state index is 0.0505. The summed E-state index contributed by atoms with van der Waals surface area (Å²) in [5.41, 5.74) is 3.62. The summed E-state index contributed by atoms with van der Waals surface area (Å²) in [6.07, 6.45) is 2.02. The van der Waals surface area contributed by atoms with Crippen LogP contribution in [0.2, 0.25) is 0 Å². The molecule has 1 aliphatic rings. The maximum atomic E-state index is 12.5. The minimum Gasteiger partial charge on any atom is -0.376 e. The summed E-state index contributed by atoms with van der Waals surface area (Å²) < 4.78 is 0. The molecule has 1 heterocycles. The second kappa shape index (κ2) is 6.31. The molecule has 0 bridgehead atoms. The van der Waals surface area contributed by atoms with Crippen LogP contribution in [0.4, 0.5) is 11.4 Å². The first-order valence-electron chi connectivity index (χ1n) is 7.40. The third kappa shape index (κ3) is 2.94. The average molecular weight is 291 g/mol. The normalized spacial score (nSPS) is 13.1. The molecule has 0 aliphatic carbocycles. The number of aryl methyl sites for hydroxylation is 1. The summed E-state index contributed by atoms with van der Waals surface area (Å²) in [4.78, 5) is 14.3. The van der Waals surface area contributed by atoms with E-state index in [9.17, 15) is 4.79 Å². The van der Waals surface area contributed by atoms with Gasteiger partial charge in [-0.15, -0.1) is 0 Å². The van der Waals surface area contributed by atoms with Gasteiger partial charge in [-0.2, -0.15) is 5.26 Å². The molecule has 0 saturated heterocycles. The standard InChI is InChI=1S/C18H17N3O/c19-12-14-5-3-8-16(11-14)20-13-18(22)21-10-4-7-15-6-1-2-9-17(15)21/h1-3,5-6,8-9,11,20H,4,7,10,13H2. The van der Waals surface area contributed by atoms with Crippen molar-refractivity contribution in [2.24, 2.45) is 0 Å². The lowest BCUT2D eigenvalue weighted by molar-refractivity contribution is -0.117. The molecule has 0 aromatic heterocycles. The van der Waals surface area contributed by atoms with Crippen LogP contribution in [0.3, 0.4) is 0 Å². The molecule has 1 amide bonds. The van der Waals surface area contributed by atoms with E-state index in [0.717, 1.165) is 30.8 Å². The number of carbonyl (C=O) groups is 1. The second-order valence-corrected chi connectivity index (χ2v) is 5.32. The summed E-state index contributed by atoms with van der Waals surface area (Å²) >= 11 is 0. The van der Waals surface area contributed by atoms with E-state index in [0.29, 0.717) is 5.56 Å². The van der Waals surface area contributed by atoms with E-state index < -0.39 is 0 Å². The van der Waals surface area contributed by atoms with Crippen LogP contribution in [-0.4, -0.2) is 19.0 Å². The van der Waals surface area contributed by atoms with E-state index in [2.05, 4.69) is 17.5 Å². The second-order valence-electron chi connectivity index (χ2n) is 5.32. The molecule has 3 rings (SSSR count). The van der Waals surface area contributed by atoms with Gasteiger partial charge in [-0.3, -0.25) is 4.79 Å². The van der Waals surface area contributed by atoms with Crippen molar-refractivity contribution in [1.82, 2.24) is 0 Å². The molecule has 22 heavy (non-hydrogen) atoms. The summed E-state index contributed by atoms with van der Waals surface area (Å²) in [7, 11) is 0. The number of nitriles is 1. The Balaban J connectivity index is 1.69. The Morgan fingerprint density at radius 1 is 1.23 bits per heavy atom. The Morgan fingerprint density at radius 3 is 2.95 bits per heavy atom. The van der Waals surface area contributed by atoms with Crippen molar-refractivity contribution in [2.75, 3.05) is 23.3 Å². The van der Waals surface area contributed by atoms with Gasteiger partial charge in [0.15, 0.2) is 0 Å². The highest BCUT2D eigenvalue weighted by Gasteiger charge is 2.21. The highest BCUT2D eigenvalue weighted by atomic mass is 16.2. The first-order valence-corrected chi connectivity index (χ1v) is 7.40. The molecular weight excluding hydrogens is 274 g/mol. The van der Waals surface area contributed by atoms with Crippen LogP contribution >= 0.6 is 0 Å². The number of rotatable bonds is 3. The number of carbonyl (C=O) groups excluding carboxylic acids is 1. The molecule has 2 aromatic carbocycles. The van der Waals surface area contributed by atoms with Gasteiger partial charge in [0.2, 0.25) is 5.91 Å². The van der Waals surface area contributed by atoms with E-state index in [1.165, 1.54) is 5.56 Å². The molecule has 2 aromatic rings. The Hall–Kier alpha value is -2.80. The van der Waals surface area contributed by atoms with Crippen molar-refractivity contribution in [3.63, 3.8) is 0 Å². The van der Waals surface area contributed by atoms with Crippen LogP contribution in [0.25, 0.3) is 0 Å². The van der Waals surface area contributed by atoms with E-state index in [1.54, 1.807) is 12.1 Å². The molecule has 0 radical (unpaired) electrons. The first kappa shape index (κ1) is 14.2. The summed E-state index contributed by atoms with van der Waals surface area (Å²) in [5, 5.41) is 12.0. The lowest BCUT2D eigenvalue weighted by Gasteiger charge is -2.29. The van der Waals surface area contributed by atoms with Crippen LogP contribution in [-0.2, 0) is 11.2 Å². The Kier molecular flexibility index (Phi) is 4.06. The number of nitrogens with zero attached hydrogens (tertiary/aromatic N) is 2. The van der Waals surface area contributed by atoms with Gasteiger partial charge in [-0.25, -0.2) is 0 Å². The highest BCUT2D eigenvalue weighted by Crippen LogP contribution is 2.26. The maximum Gasteiger partial charge on any atom is 0.246 e. The van der Waals surface area contributed by atoms with Crippen molar-refractivity contribution in [2.45, 2.75) is 12.8 Å². The van der Waals surface area contributed by atoms with E-state index in [1.807, 2.05) is 35.2 Å². The van der Waals surface area contributed by atoms with Crippen molar-refractivity contribution < 1.29 is 4.79 Å². The monoisotopic (exact) mass is 291 g/mol. The number of hydrogen-bond acceptors (Lipinski definition) is 3. The van der Waals surface area contributed by atoms with Crippen LogP contribution in [0.5, 0.6) is 0 Å². The number of fused-ring (bicyclic) bond motifs is 1. The SMILES string of the molecule is N#Cc1cccc(NCC(=O)N2CCCc3ccccc32)c1. The Morgan fingerprint density at radius 2 is 2.09 bits per heavy atom. The van der Waals surface area contributed by atoms with Crippen molar-refractivity contribution >= 4 is 17.3 Å². The average Bonchev–Trinajstić information content (AvgIpc) is 2.59. The van der Waals surface area contributed by atoms with Crippen molar-refractivity contribution in [3.8, 4) is 6.07 Å². The van der Waals surface area contributed by atoms with Gasteiger partial charge in [0.25, 0.3) is 0 Å². The van der Waals surface area contributed by atoms with Crippen LogP contribution in [0.1, 0.15) is 17.5 Å². The van der Waals surface area contributed by atoms with Gasteiger partial charge in [0, 0.05) is 17.9 Å². The number of hydrogen-bond donors (Lipinski definition) is 1. The number of anilines is 2. The quantitative estimate of drug-likeness (QED) is 0.946. The van der Waals surface area contributed by atoms with Gasteiger partial charge >= 0.3 is 0 Å². The van der Waals surface area contributed by atoms with Gasteiger partial charge in [-0.05, 0) is 42.7 Å². The fourth-order valence-electron chi connectivity index (χ4n) is 2.76. The summed E-state index contributed by atoms with van der Waals surface area (Å²) in [6, 6.07) is 17.3. The predicted octanol–water partition coefficient (Wildman–Crippen LogP) is 2.95. The zero-order valence-corrected chi connectivity index (χ0v) is 12.2. The van der Waals surface area contributed by atoms with Crippen molar-refractivity contribution in [3.05, 3.63) is 59.7 Å². The number of benzene rings is 2. The van der Waals surface area contributed by atoms with Gasteiger partial charge in [-0.1, -0.05) is 24.3 Å². The van der Waals surface area contributed by atoms with Gasteiger partial charge < -0.3 is 10.2 Å². The first-order chi connectivity index (χ1) is 10.8. The van der Waals surface area contributed by atoms with E-state index >= 15 is 0 Å². The van der Waals surface area contributed by atoms with E-state index in [4.69, 9.17) is 5.26 Å². The smallest absolute Gasteiger partial charge is 0.246 e. The zero-order valence-electron chi connectivity index (χ0n) is 12.2. The van der Waals surface area contributed by atoms with Gasteiger partial charge in [0.1, 0.15) is 0 Å². The summed E-state index contributed by atoms with van der Waals surface area (Å²) in [5.74, 6) is 0.0505. The lowest BCUT2D eigenvalue weighted by atomic mass is 10.0. The van der Waals surface area contributed by atoms with Crippen LogP contribution < -0.4 is 10.2 Å².